The number of amides is 3. The fourth-order valence-electron chi connectivity index (χ4n) is 2.54. The number of carbonyl (C=O) groups is 3. The molecule has 3 rings (SSSR count). The highest BCUT2D eigenvalue weighted by Crippen LogP contribution is 2.27. The Morgan fingerprint density at radius 1 is 1.31 bits per heavy atom. The third-order valence-electron chi connectivity index (χ3n) is 3.67. The van der Waals surface area contributed by atoms with Gasteiger partial charge in [0.1, 0.15) is 6.20 Å². The molecule has 0 fully saturated rings. The highest BCUT2D eigenvalue weighted by Gasteiger charge is 2.36. The van der Waals surface area contributed by atoms with Crippen molar-refractivity contribution in [3.8, 4) is 0 Å². The van der Waals surface area contributed by atoms with Crippen LogP contribution >= 0.6 is 11.3 Å². The first-order valence-electron chi connectivity index (χ1n) is 7.69. The minimum absolute atomic E-state index is 0.0750. The van der Waals surface area contributed by atoms with Gasteiger partial charge < -0.3 is 0 Å². The Labute approximate surface area is 151 Å². The zero-order valence-corrected chi connectivity index (χ0v) is 14.7. The molecule has 0 aliphatic carbocycles. The van der Waals surface area contributed by atoms with Gasteiger partial charge in [-0.15, -0.1) is 0 Å². The molecular weight excluding hydrogens is 360 g/mol. The zero-order valence-electron chi connectivity index (χ0n) is 13.9. The zero-order chi connectivity index (χ0) is 19.0. The molecule has 2 heterocycles. The van der Waals surface area contributed by atoms with E-state index in [1.54, 1.807) is 0 Å². The summed E-state index contributed by atoms with van der Waals surface area (Å²) in [6.45, 7) is 4.10. The molecule has 0 unspecified atom stereocenters. The number of imide groups is 1. The molecule has 1 N–H and O–H groups in total. The molecule has 0 saturated heterocycles. The maximum absolute atomic E-state index is 12.4. The lowest BCUT2D eigenvalue weighted by Gasteiger charge is -2.15. The minimum Gasteiger partial charge on any atom is -0.298 e. The van der Waals surface area contributed by atoms with E-state index in [2.05, 4.69) is 10.3 Å². The van der Waals surface area contributed by atoms with E-state index in [0.29, 0.717) is 6.54 Å². The summed E-state index contributed by atoms with van der Waals surface area (Å²) < 4.78 is 0. The third kappa shape index (κ3) is 3.18. The molecule has 0 saturated carbocycles. The molecule has 3 amide bonds. The monoisotopic (exact) mass is 374 g/mol. The molecule has 2 aromatic rings. The van der Waals surface area contributed by atoms with Crippen LogP contribution in [0.25, 0.3) is 0 Å². The van der Waals surface area contributed by atoms with Crippen molar-refractivity contribution in [1.29, 1.82) is 0 Å². The number of aromatic nitrogens is 1. The van der Waals surface area contributed by atoms with E-state index in [9.17, 15) is 24.5 Å². The van der Waals surface area contributed by atoms with Crippen molar-refractivity contribution in [1.82, 2.24) is 9.88 Å². The summed E-state index contributed by atoms with van der Waals surface area (Å²) in [5.41, 5.74) is 0.597. The van der Waals surface area contributed by atoms with E-state index in [4.69, 9.17) is 0 Å². The van der Waals surface area contributed by atoms with Gasteiger partial charge in [0.2, 0.25) is 0 Å². The van der Waals surface area contributed by atoms with Crippen LogP contribution in [0.3, 0.4) is 0 Å². The second-order valence-electron chi connectivity index (χ2n) is 6.09. The molecular formula is C16H14N4O5S. The Balaban J connectivity index is 1.82. The van der Waals surface area contributed by atoms with Crippen molar-refractivity contribution < 1.29 is 19.3 Å². The van der Waals surface area contributed by atoms with E-state index in [-0.39, 0.29) is 38.6 Å². The van der Waals surface area contributed by atoms with E-state index >= 15 is 0 Å². The van der Waals surface area contributed by atoms with Crippen molar-refractivity contribution in [3.63, 3.8) is 0 Å². The first-order valence-corrected chi connectivity index (χ1v) is 8.51. The molecule has 134 valence electrons. The van der Waals surface area contributed by atoms with Crippen molar-refractivity contribution in [2.75, 3.05) is 11.9 Å². The van der Waals surface area contributed by atoms with Gasteiger partial charge in [0.15, 0.2) is 5.13 Å². The second-order valence-corrected chi connectivity index (χ2v) is 7.10. The summed E-state index contributed by atoms with van der Waals surface area (Å²) in [7, 11) is 0. The third-order valence-corrected chi connectivity index (χ3v) is 4.54. The van der Waals surface area contributed by atoms with Crippen LogP contribution in [0.15, 0.2) is 24.4 Å². The number of nitrogens with one attached hydrogen (secondary N) is 1. The summed E-state index contributed by atoms with van der Waals surface area (Å²) >= 11 is 0.726. The van der Waals surface area contributed by atoms with Crippen LogP contribution in [-0.2, 0) is 0 Å². The van der Waals surface area contributed by atoms with Crippen LogP contribution in [0.1, 0.15) is 44.9 Å². The Bertz CT molecular complexity index is 936. The summed E-state index contributed by atoms with van der Waals surface area (Å²) in [5.74, 6) is -1.25. The number of nitrogens with zero attached hydrogens (tertiary/aromatic N) is 3. The van der Waals surface area contributed by atoms with E-state index < -0.39 is 16.7 Å². The van der Waals surface area contributed by atoms with Gasteiger partial charge in [-0.2, -0.15) is 0 Å². The molecule has 10 heteroatoms. The molecule has 0 bridgehead atoms. The topological polar surface area (TPSA) is 123 Å². The Hall–Kier alpha value is -3.14. The molecule has 1 aromatic carbocycles. The van der Waals surface area contributed by atoms with Crippen LogP contribution < -0.4 is 5.32 Å². The first-order chi connectivity index (χ1) is 12.3. The normalized spacial score (nSPS) is 13.3. The van der Waals surface area contributed by atoms with Gasteiger partial charge in [-0.3, -0.25) is 34.7 Å². The van der Waals surface area contributed by atoms with Gasteiger partial charge in [-0.05, 0) is 35.5 Å². The number of nitro groups is 1. The number of fused-ring (bicyclic) bond motifs is 1. The van der Waals surface area contributed by atoms with Crippen molar-refractivity contribution in [3.05, 3.63) is 51.2 Å². The lowest BCUT2D eigenvalue weighted by atomic mass is 10.1. The number of rotatable bonds is 5. The van der Waals surface area contributed by atoms with Crippen molar-refractivity contribution in [2.24, 2.45) is 5.92 Å². The predicted octanol–water partition coefficient (Wildman–Crippen LogP) is 2.56. The quantitative estimate of drug-likeness (QED) is 0.487. The molecule has 0 atom stereocenters. The average Bonchev–Trinajstić information content (AvgIpc) is 3.14. The average molecular weight is 374 g/mol. The molecule has 1 aromatic heterocycles. The molecule has 0 spiro atoms. The number of thiazole rings is 1. The minimum atomic E-state index is -0.601. The van der Waals surface area contributed by atoms with E-state index in [1.165, 1.54) is 23.1 Å². The fourth-order valence-corrected chi connectivity index (χ4v) is 3.17. The van der Waals surface area contributed by atoms with Gasteiger partial charge in [0, 0.05) is 12.1 Å². The Kier molecular flexibility index (Phi) is 4.51. The summed E-state index contributed by atoms with van der Waals surface area (Å²) in [6, 6.07) is 4.22. The fraction of sp³-hybridized carbons (Fsp3) is 0.250. The molecule has 1 aliphatic heterocycles. The largest absolute Gasteiger partial charge is 0.345 e. The van der Waals surface area contributed by atoms with Gasteiger partial charge in [0.05, 0.1) is 16.1 Å². The lowest BCUT2D eigenvalue weighted by molar-refractivity contribution is -0.380. The Morgan fingerprint density at radius 2 is 2.00 bits per heavy atom. The molecule has 9 nitrogen and oxygen atoms in total. The summed E-state index contributed by atoms with van der Waals surface area (Å²) in [5, 5.41) is 13.0. The van der Waals surface area contributed by atoms with E-state index in [0.717, 1.165) is 17.5 Å². The maximum Gasteiger partial charge on any atom is 0.345 e. The van der Waals surface area contributed by atoms with Crippen LogP contribution in [0, 0.1) is 16.0 Å². The van der Waals surface area contributed by atoms with Crippen molar-refractivity contribution in [2.45, 2.75) is 13.8 Å². The molecule has 0 radical (unpaired) electrons. The van der Waals surface area contributed by atoms with Crippen LogP contribution in [-0.4, -0.2) is 39.1 Å². The molecule has 26 heavy (non-hydrogen) atoms. The number of hydrogen-bond donors (Lipinski definition) is 1. The van der Waals surface area contributed by atoms with Crippen LogP contribution in [0.2, 0.25) is 0 Å². The summed E-state index contributed by atoms with van der Waals surface area (Å²) in [4.78, 5) is 52.1. The highest BCUT2D eigenvalue weighted by atomic mass is 32.1. The van der Waals surface area contributed by atoms with Crippen molar-refractivity contribution >= 4 is 39.2 Å². The lowest BCUT2D eigenvalue weighted by Crippen LogP contribution is -2.33. The second kappa shape index (κ2) is 6.64. The number of carbonyl (C=O) groups excluding carboxylic acids is 3. The number of benzene rings is 1. The van der Waals surface area contributed by atoms with Gasteiger partial charge >= 0.3 is 5.00 Å². The SMILES string of the molecule is CC(C)CN1C(=O)c2ccc(C(=O)Nc3ncc([N+](=O)[O-])s3)cc2C1=O. The standard InChI is InChI=1S/C16H14N4O5S/c1-8(2)7-19-14(22)10-4-3-9(5-11(10)15(19)23)13(21)18-16-17-6-12(26-16)20(24)25/h3-6,8H,7H2,1-2H3,(H,17,18,21). The van der Waals surface area contributed by atoms with Gasteiger partial charge in [0.25, 0.3) is 17.7 Å². The number of anilines is 1. The molecule has 1 aliphatic rings. The smallest absolute Gasteiger partial charge is 0.298 e. The van der Waals surface area contributed by atoms with Crippen LogP contribution in [0.4, 0.5) is 10.1 Å². The maximum atomic E-state index is 12.4. The number of hydrogen-bond acceptors (Lipinski definition) is 7. The highest BCUT2D eigenvalue weighted by molar-refractivity contribution is 7.18. The first kappa shape index (κ1) is 17.7. The Morgan fingerprint density at radius 3 is 2.62 bits per heavy atom. The predicted molar refractivity (Wildman–Crippen MR) is 93.4 cm³/mol. The van der Waals surface area contributed by atoms with Gasteiger partial charge in [-0.1, -0.05) is 13.8 Å². The van der Waals surface area contributed by atoms with Crippen LogP contribution in [0.5, 0.6) is 0 Å². The summed E-state index contributed by atoms with van der Waals surface area (Å²) in [6.07, 6.45) is 1.05. The van der Waals surface area contributed by atoms with E-state index in [1.807, 2.05) is 13.8 Å². The van der Waals surface area contributed by atoms with Gasteiger partial charge in [-0.25, -0.2) is 4.98 Å².